The van der Waals surface area contributed by atoms with E-state index in [4.69, 9.17) is 0 Å². The van der Waals surface area contributed by atoms with Crippen LogP contribution in [0.3, 0.4) is 0 Å². The minimum absolute atomic E-state index is 0.0325. The summed E-state index contributed by atoms with van der Waals surface area (Å²) in [5.74, 6) is 0. The second-order valence-electron chi connectivity index (χ2n) is 4.13. The maximum atomic E-state index is 11.7. The van der Waals surface area contributed by atoms with Crippen LogP contribution in [0.25, 0.3) is 11.0 Å². The first-order valence-corrected chi connectivity index (χ1v) is 5.61. The Bertz CT molecular complexity index is 584. The van der Waals surface area contributed by atoms with Crippen LogP contribution in [-0.4, -0.2) is 9.55 Å². The van der Waals surface area contributed by atoms with Gasteiger partial charge in [0.25, 0.3) is 5.56 Å². The van der Waals surface area contributed by atoms with Crippen molar-refractivity contribution in [3.63, 3.8) is 0 Å². The van der Waals surface area contributed by atoms with Crippen molar-refractivity contribution in [2.45, 2.75) is 33.7 Å². The van der Waals surface area contributed by atoms with Crippen LogP contribution in [0.2, 0.25) is 0 Å². The molecule has 2 aromatic heterocycles. The van der Waals surface area contributed by atoms with E-state index in [0.29, 0.717) is 0 Å². The summed E-state index contributed by atoms with van der Waals surface area (Å²) in [7, 11) is 0. The molecule has 0 aliphatic rings. The van der Waals surface area contributed by atoms with E-state index in [1.54, 1.807) is 10.6 Å². The molecular weight excluding hydrogens is 200 g/mol. The molecule has 0 aliphatic carbocycles. The van der Waals surface area contributed by atoms with Crippen molar-refractivity contribution in [2.24, 2.45) is 0 Å². The third-order valence-electron chi connectivity index (χ3n) is 2.85. The van der Waals surface area contributed by atoms with Gasteiger partial charge in [0, 0.05) is 23.7 Å². The molecule has 2 rings (SSSR count). The largest absolute Gasteiger partial charge is 0.293 e. The van der Waals surface area contributed by atoms with E-state index in [1.165, 1.54) is 0 Å². The van der Waals surface area contributed by atoms with Gasteiger partial charge in [-0.25, -0.2) is 4.98 Å². The highest BCUT2D eigenvalue weighted by Gasteiger charge is 2.05. The lowest BCUT2D eigenvalue weighted by Gasteiger charge is -2.09. The zero-order chi connectivity index (χ0) is 11.7. The van der Waals surface area contributed by atoms with E-state index in [0.717, 1.165) is 35.3 Å². The van der Waals surface area contributed by atoms with Crippen molar-refractivity contribution in [1.29, 1.82) is 0 Å². The van der Waals surface area contributed by atoms with Gasteiger partial charge in [-0.3, -0.25) is 9.36 Å². The molecule has 0 saturated carbocycles. The van der Waals surface area contributed by atoms with Crippen molar-refractivity contribution in [1.82, 2.24) is 9.55 Å². The van der Waals surface area contributed by atoms with Crippen LogP contribution in [0.4, 0.5) is 0 Å². The fourth-order valence-corrected chi connectivity index (χ4v) is 1.85. The van der Waals surface area contributed by atoms with Gasteiger partial charge in [0.2, 0.25) is 0 Å². The topological polar surface area (TPSA) is 34.9 Å². The summed E-state index contributed by atoms with van der Waals surface area (Å²) < 4.78 is 1.75. The Morgan fingerprint density at radius 3 is 2.75 bits per heavy atom. The zero-order valence-corrected chi connectivity index (χ0v) is 9.95. The summed E-state index contributed by atoms with van der Waals surface area (Å²) in [4.78, 5) is 16.3. The highest BCUT2D eigenvalue weighted by molar-refractivity contribution is 5.76. The Morgan fingerprint density at radius 1 is 1.31 bits per heavy atom. The van der Waals surface area contributed by atoms with E-state index >= 15 is 0 Å². The lowest BCUT2D eigenvalue weighted by atomic mass is 10.2. The van der Waals surface area contributed by atoms with Crippen molar-refractivity contribution in [2.75, 3.05) is 0 Å². The molecule has 0 amide bonds. The van der Waals surface area contributed by atoms with Gasteiger partial charge in [0.15, 0.2) is 0 Å². The SMILES string of the molecule is CCCn1c(=O)ccc2cc(C)c(C)nc21. The maximum Gasteiger partial charge on any atom is 0.252 e. The number of nitrogens with zero attached hydrogens (tertiary/aromatic N) is 2. The van der Waals surface area contributed by atoms with E-state index in [-0.39, 0.29) is 5.56 Å². The number of fused-ring (bicyclic) bond motifs is 1. The Hall–Kier alpha value is -1.64. The third-order valence-corrected chi connectivity index (χ3v) is 2.85. The van der Waals surface area contributed by atoms with Crippen molar-refractivity contribution in [3.8, 4) is 0 Å². The standard InChI is InChI=1S/C13H16N2O/c1-4-7-15-12(16)6-5-11-8-9(2)10(3)14-13(11)15/h5-6,8H,4,7H2,1-3H3. The highest BCUT2D eigenvalue weighted by atomic mass is 16.1. The summed E-state index contributed by atoms with van der Waals surface area (Å²) >= 11 is 0. The number of rotatable bonds is 2. The number of aromatic nitrogens is 2. The predicted molar refractivity (Wildman–Crippen MR) is 65.8 cm³/mol. The number of hydrogen-bond acceptors (Lipinski definition) is 2. The zero-order valence-electron chi connectivity index (χ0n) is 9.95. The van der Waals surface area contributed by atoms with Gasteiger partial charge >= 0.3 is 0 Å². The van der Waals surface area contributed by atoms with Gasteiger partial charge in [-0.1, -0.05) is 6.92 Å². The van der Waals surface area contributed by atoms with Gasteiger partial charge in [-0.2, -0.15) is 0 Å². The molecule has 0 fully saturated rings. The van der Waals surface area contributed by atoms with Crippen LogP contribution < -0.4 is 5.56 Å². The van der Waals surface area contributed by atoms with Crippen LogP contribution in [-0.2, 0) is 6.54 Å². The van der Waals surface area contributed by atoms with Gasteiger partial charge in [-0.15, -0.1) is 0 Å². The monoisotopic (exact) mass is 216 g/mol. The summed E-state index contributed by atoms with van der Waals surface area (Å²) in [6, 6.07) is 5.56. The Morgan fingerprint density at radius 2 is 2.06 bits per heavy atom. The molecule has 0 atom stereocenters. The second-order valence-corrected chi connectivity index (χ2v) is 4.13. The molecule has 2 heterocycles. The number of aryl methyl sites for hydroxylation is 3. The molecule has 3 heteroatoms. The lowest BCUT2D eigenvalue weighted by Crippen LogP contribution is -2.20. The average molecular weight is 216 g/mol. The second kappa shape index (κ2) is 4.08. The molecule has 0 aliphatic heterocycles. The lowest BCUT2D eigenvalue weighted by molar-refractivity contribution is 0.671. The summed E-state index contributed by atoms with van der Waals surface area (Å²) in [6.07, 6.45) is 0.938. The van der Waals surface area contributed by atoms with Crippen LogP contribution in [0, 0.1) is 13.8 Å². The molecule has 0 aromatic carbocycles. The summed E-state index contributed by atoms with van der Waals surface area (Å²) in [5.41, 5.74) is 2.99. The highest BCUT2D eigenvalue weighted by Crippen LogP contribution is 2.14. The molecule has 3 nitrogen and oxygen atoms in total. The molecule has 0 spiro atoms. The predicted octanol–water partition coefficient (Wildman–Crippen LogP) is 2.42. The van der Waals surface area contributed by atoms with Gasteiger partial charge < -0.3 is 0 Å². The maximum absolute atomic E-state index is 11.7. The molecule has 16 heavy (non-hydrogen) atoms. The minimum Gasteiger partial charge on any atom is -0.293 e. The summed E-state index contributed by atoms with van der Waals surface area (Å²) in [6.45, 7) is 6.80. The van der Waals surface area contributed by atoms with Crippen molar-refractivity contribution < 1.29 is 0 Å². The Kier molecular flexibility index (Phi) is 2.77. The smallest absolute Gasteiger partial charge is 0.252 e. The molecular formula is C13H16N2O. The van der Waals surface area contributed by atoms with Gasteiger partial charge in [-0.05, 0) is 38.0 Å². The number of pyridine rings is 2. The van der Waals surface area contributed by atoms with E-state index in [2.05, 4.69) is 18.0 Å². The molecule has 84 valence electrons. The van der Waals surface area contributed by atoms with E-state index in [1.807, 2.05) is 19.9 Å². The van der Waals surface area contributed by atoms with Crippen molar-refractivity contribution in [3.05, 3.63) is 39.8 Å². The normalized spacial score (nSPS) is 10.9. The minimum atomic E-state index is 0.0325. The molecule has 0 bridgehead atoms. The first kappa shape index (κ1) is 10.9. The van der Waals surface area contributed by atoms with E-state index < -0.39 is 0 Å². The average Bonchev–Trinajstić information content (AvgIpc) is 2.25. The molecule has 2 aromatic rings. The fourth-order valence-electron chi connectivity index (χ4n) is 1.85. The Labute approximate surface area is 94.7 Å². The first-order chi connectivity index (χ1) is 7.63. The molecule has 0 radical (unpaired) electrons. The van der Waals surface area contributed by atoms with Gasteiger partial charge in [0.05, 0.1) is 0 Å². The van der Waals surface area contributed by atoms with Crippen LogP contribution in [0.1, 0.15) is 24.6 Å². The van der Waals surface area contributed by atoms with E-state index in [9.17, 15) is 4.79 Å². The molecule has 0 saturated heterocycles. The van der Waals surface area contributed by atoms with Gasteiger partial charge in [0.1, 0.15) is 5.65 Å². The Balaban J connectivity index is 2.81. The quantitative estimate of drug-likeness (QED) is 0.772. The van der Waals surface area contributed by atoms with Crippen LogP contribution >= 0.6 is 0 Å². The van der Waals surface area contributed by atoms with Crippen molar-refractivity contribution >= 4 is 11.0 Å². The first-order valence-electron chi connectivity index (χ1n) is 5.61. The van der Waals surface area contributed by atoms with Crippen LogP contribution in [0.15, 0.2) is 23.0 Å². The third kappa shape index (κ3) is 1.73. The van der Waals surface area contributed by atoms with Crippen LogP contribution in [0.5, 0.6) is 0 Å². The fraction of sp³-hybridized carbons (Fsp3) is 0.385. The molecule has 0 N–H and O–H groups in total. The number of hydrogen-bond donors (Lipinski definition) is 0. The molecule has 0 unspecified atom stereocenters. The summed E-state index contributed by atoms with van der Waals surface area (Å²) in [5, 5.41) is 1.04.